The van der Waals surface area contributed by atoms with Gasteiger partial charge in [-0.3, -0.25) is 9.36 Å². The van der Waals surface area contributed by atoms with Crippen molar-refractivity contribution < 1.29 is 19.4 Å². The van der Waals surface area contributed by atoms with Crippen LogP contribution in [0.5, 0.6) is 0 Å². The predicted molar refractivity (Wildman–Crippen MR) is 116 cm³/mol. The number of hydrogen-bond acceptors (Lipinski definition) is 2. The van der Waals surface area contributed by atoms with Crippen LogP contribution < -0.4 is 0 Å². The van der Waals surface area contributed by atoms with Gasteiger partial charge in [0.05, 0.1) is 5.92 Å². The molecule has 2 unspecified atom stereocenters. The lowest BCUT2D eigenvalue weighted by Crippen LogP contribution is -2.08. The van der Waals surface area contributed by atoms with E-state index in [2.05, 4.69) is 0 Å². The smallest absolute Gasteiger partial charge is 0.306 e. The number of aliphatic carboxylic acids is 1. The van der Waals surface area contributed by atoms with Crippen LogP contribution in [0.2, 0.25) is 0 Å². The molecular formula is C22H45O4P. The number of carbonyl (C=O) groups is 1. The first-order valence-corrected chi connectivity index (χ1v) is 13.5. The van der Waals surface area contributed by atoms with Crippen LogP contribution in [-0.2, 0) is 9.36 Å². The highest BCUT2D eigenvalue weighted by Crippen LogP contribution is 2.40. The molecule has 4 nitrogen and oxygen atoms in total. The van der Waals surface area contributed by atoms with Gasteiger partial charge in [-0.1, -0.05) is 104 Å². The molecule has 0 saturated heterocycles. The Morgan fingerprint density at radius 2 is 1.07 bits per heavy atom. The molecule has 0 amide bonds. The van der Waals surface area contributed by atoms with Crippen LogP contribution in [0.1, 0.15) is 117 Å². The average Bonchev–Trinajstić information content (AvgIpc) is 2.63. The lowest BCUT2D eigenvalue weighted by molar-refractivity contribution is -0.141. The number of carboxylic acid groups (broad SMARTS) is 1. The van der Waals surface area contributed by atoms with Gasteiger partial charge in [0, 0.05) is 12.3 Å². The predicted octanol–water partition coefficient (Wildman–Crippen LogP) is 7.24. The zero-order chi connectivity index (χ0) is 20.4. The fourth-order valence-electron chi connectivity index (χ4n) is 3.39. The lowest BCUT2D eigenvalue weighted by Gasteiger charge is -2.08. The summed E-state index contributed by atoms with van der Waals surface area (Å²) in [5.74, 6) is -0.856. The molecule has 2 N–H and O–H groups in total. The van der Waals surface area contributed by atoms with Gasteiger partial charge in [-0.25, -0.2) is 0 Å². The third-order valence-corrected chi connectivity index (χ3v) is 7.56. The van der Waals surface area contributed by atoms with E-state index in [-0.39, 0.29) is 5.92 Å². The van der Waals surface area contributed by atoms with Crippen LogP contribution >= 0.6 is 7.37 Å². The number of unbranched alkanes of at least 4 members (excludes halogenated alkanes) is 14. The number of rotatable bonds is 20. The van der Waals surface area contributed by atoms with Crippen LogP contribution in [0.4, 0.5) is 0 Å². The van der Waals surface area contributed by atoms with Crippen molar-refractivity contribution in [2.24, 2.45) is 5.92 Å². The summed E-state index contributed by atoms with van der Waals surface area (Å²) in [5.41, 5.74) is 0. The van der Waals surface area contributed by atoms with Crippen LogP contribution in [0, 0.1) is 5.92 Å². The second kappa shape index (κ2) is 17.7. The van der Waals surface area contributed by atoms with Crippen molar-refractivity contribution in [1.82, 2.24) is 0 Å². The molecule has 0 spiro atoms. The van der Waals surface area contributed by atoms with Gasteiger partial charge in [-0.2, -0.15) is 0 Å². The Bertz CT molecular complexity index is 398. The third kappa shape index (κ3) is 18.8. The molecule has 0 aliphatic rings. The van der Waals surface area contributed by atoms with E-state index in [0.29, 0.717) is 12.3 Å². The van der Waals surface area contributed by atoms with Gasteiger partial charge < -0.3 is 10.00 Å². The second-order valence-electron chi connectivity index (χ2n) is 8.22. The molecular weight excluding hydrogens is 359 g/mol. The standard InChI is InChI=1S/C22H45O4P/c1-3-27(25,26)20-18-16-14-12-10-8-6-4-5-7-9-11-13-15-17-19-21(2)22(23)24/h21H,3-20H2,1-2H3,(H,23,24)(H,25,26). The summed E-state index contributed by atoms with van der Waals surface area (Å²) in [6.45, 7) is 3.59. The molecule has 0 bridgehead atoms. The molecule has 0 aliphatic heterocycles. The van der Waals surface area contributed by atoms with E-state index >= 15 is 0 Å². The molecule has 162 valence electrons. The van der Waals surface area contributed by atoms with Gasteiger partial charge in [0.25, 0.3) is 0 Å². The van der Waals surface area contributed by atoms with Crippen LogP contribution in [0.25, 0.3) is 0 Å². The summed E-state index contributed by atoms with van der Waals surface area (Å²) in [7, 11) is -2.79. The largest absolute Gasteiger partial charge is 0.481 e. The molecule has 0 aromatic heterocycles. The minimum Gasteiger partial charge on any atom is -0.481 e. The number of hydrogen-bond donors (Lipinski definition) is 2. The Morgan fingerprint density at radius 1 is 0.741 bits per heavy atom. The van der Waals surface area contributed by atoms with Gasteiger partial charge in [0.15, 0.2) is 7.37 Å². The normalized spacial score (nSPS) is 14.8. The summed E-state index contributed by atoms with van der Waals surface area (Å²) < 4.78 is 11.5. The Hall–Kier alpha value is -0.340. The van der Waals surface area contributed by atoms with Crippen molar-refractivity contribution in [3.63, 3.8) is 0 Å². The van der Waals surface area contributed by atoms with E-state index in [4.69, 9.17) is 5.11 Å². The molecule has 0 saturated carbocycles. The van der Waals surface area contributed by atoms with Gasteiger partial charge in [0.2, 0.25) is 0 Å². The zero-order valence-corrected chi connectivity index (χ0v) is 18.9. The van der Waals surface area contributed by atoms with Crippen molar-refractivity contribution in [1.29, 1.82) is 0 Å². The fourth-order valence-corrected chi connectivity index (χ4v) is 4.42. The zero-order valence-electron chi connectivity index (χ0n) is 18.0. The van der Waals surface area contributed by atoms with Crippen molar-refractivity contribution in [3.8, 4) is 0 Å². The SMILES string of the molecule is CCP(=O)(O)CCCCCCCCCCCCCCCCCC(C)C(=O)O. The second-order valence-corrected chi connectivity index (χ2v) is 11.0. The highest BCUT2D eigenvalue weighted by Gasteiger charge is 2.13. The Labute approximate surface area is 168 Å². The monoisotopic (exact) mass is 404 g/mol. The first kappa shape index (κ1) is 26.7. The summed E-state index contributed by atoms with van der Waals surface area (Å²) in [6, 6.07) is 0. The van der Waals surface area contributed by atoms with E-state index in [1.165, 1.54) is 77.0 Å². The summed E-state index contributed by atoms with van der Waals surface area (Å²) >= 11 is 0. The third-order valence-electron chi connectivity index (χ3n) is 5.56. The minimum atomic E-state index is -2.79. The van der Waals surface area contributed by atoms with Gasteiger partial charge in [0.1, 0.15) is 0 Å². The van der Waals surface area contributed by atoms with Crippen LogP contribution in [-0.4, -0.2) is 28.3 Å². The summed E-state index contributed by atoms with van der Waals surface area (Å²) in [5, 5.41) is 8.83. The molecule has 2 atom stereocenters. The molecule has 0 aromatic carbocycles. The maximum atomic E-state index is 11.5. The van der Waals surface area contributed by atoms with Gasteiger partial charge in [-0.05, 0) is 12.8 Å². The Morgan fingerprint density at radius 3 is 1.41 bits per heavy atom. The molecule has 5 heteroatoms. The van der Waals surface area contributed by atoms with Crippen LogP contribution in [0.3, 0.4) is 0 Å². The van der Waals surface area contributed by atoms with E-state index in [9.17, 15) is 14.3 Å². The van der Waals surface area contributed by atoms with Crippen molar-refractivity contribution in [2.45, 2.75) is 117 Å². The first-order valence-electron chi connectivity index (χ1n) is 11.4. The number of carboxylic acids is 1. The van der Waals surface area contributed by atoms with Gasteiger partial charge in [-0.15, -0.1) is 0 Å². The Balaban J connectivity index is 3.15. The average molecular weight is 405 g/mol. The molecule has 0 heterocycles. The maximum Gasteiger partial charge on any atom is 0.306 e. The quantitative estimate of drug-likeness (QED) is 0.166. The first-order chi connectivity index (χ1) is 12.9. The van der Waals surface area contributed by atoms with E-state index in [1.54, 1.807) is 13.8 Å². The summed E-state index contributed by atoms with van der Waals surface area (Å²) in [4.78, 5) is 20.2. The molecule has 27 heavy (non-hydrogen) atoms. The highest BCUT2D eigenvalue weighted by atomic mass is 31.2. The van der Waals surface area contributed by atoms with Crippen molar-refractivity contribution in [3.05, 3.63) is 0 Å². The Kier molecular flexibility index (Phi) is 17.5. The molecule has 0 rings (SSSR count). The fraction of sp³-hybridized carbons (Fsp3) is 0.955. The highest BCUT2D eigenvalue weighted by molar-refractivity contribution is 7.57. The minimum absolute atomic E-state index is 0.190. The topological polar surface area (TPSA) is 74.6 Å². The molecule has 0 aromatic rings. The van der Waals surface area contributed by atoms with Crippen molar-refractivity contribution >= 4 is 13.3 Å². The molecule has 0 radical (unpaired) electrons. The van der Waals surface area contributed by atoms with Crippen LogP contribution in [0.15, 0.2) is 0 Å². The summed E-state index contributed by atoms with van der Waals surface area (Å²) in [6.07, 6.45) is 20.3. The van der Waals surface area contributed by atoms with Crippen molar-refractivity contribution in [2.75, 3.05) is 12.3 Å². The van der Waals surface area contributed by atoms with E-state index < -0.39 is 13.3 Å². The molecule has 0 aliphatic carbocycles. The van der Waals surface area contributed by atoms with E-state index in [0.717, 1.165) is 25.7 Å². The lowest BCUT2D eigenvalue weighted by atomic mass is 10.0. The molecule has 0 fully saturated rings. The maximum absolute atomic E-state index is 11.5. The van der Waals surface area contributed by atoms with Gasteiger partial charge >= 0.3 is 5.97 Å². The van der Waals surface area contributed by atoms with E-state index in [1.807, 2.05) is 0 Å².